The lowest BCUT2D eigenvalue weighted by atomic mass is 9.82. The van der Waals surface area contributed by atoms with Gasteiger partial charge in [0.15, 0.2) is 6.10 Å². The Hall–Kier alpha value is -3.60. The highest BCUT2D eigenvalue weighted by atomic mass is 16.6. The average Bonchev–Trinajstić information content (AvgIpc) is 3.10. The molecule has 0 aromatic heterocycles. The molecule has 1 amide bonds. The first-order chi connectivity index (χ1) is 17.4. The molecule has 5 heteroatoms. The Balaban J connectivity index is 1.30. The number of benzene rings is 3. The zero-order chi connectivity index (χ0) is 25.1. The maximum atomic E-state index is 13.5. The van der Waals surface area contributed by atoms with Crippen LogP contribution >= 0.6 is 0 Å². The van der Waals surface area contributed by atoms with Crippen molar-refractivity contribution < 1.29 is 19.1 Å². The zero-order valence-electron chi connectivity index (χ0n) is 21.0. The van der Waals surface area contributed by atoms with Crippen LogP contribution in [0.2, 0.25) is 0 Å². The summed E-state index contributed by atoms with van der Waals surface area (Å²) in [6.07, 6.45) is 1.67. The van der Waals surface area contributed by atoms with Gasteiger partial charge in [-0.1, -0.05) is 86.6 Å². The molecule has 2 atom stereocenters. The van der Waals surface area contributed by atoms with Crippen molar-refractivity contribution in [1.29, 1.82) is 0 Å². The van der Waals surface area contributed by atoms with Crippen LogP contribution < -0.4 is 4.74 Å². The molecule has 1 aliphatic carbocycles. The number of fused-ring (bicyclic) bond motifs is 1. The Morgan fingerprint density at radius 3 is 2.36 bits per heavy atom. The number of hydrogen-bond acceptors (Lipinski definition) is 4. The van der Waals surface area contributed by atoms with E-state index in [4.69, 9.17) is 9.47 Å². The van der Waals surface area contributed by atoms with Gasteiger partial charge in [0.05, 0.1) is 5.92 Å². The van der Waals surface area contributed by atoms with E-state index in [1.54, 1.807) is 4.90 Å². The highest BCUT2D eigenvalue weighted by Gasteiger charge is 2.49. The molecule has 2 aliphatic rings. The highest BCUT2D eigenvalue weighted by Crippen LogP contribution is 2.40. The lowest BCUT2D eigenvalue weighted by molar-refractivity contribution is -0.162. The Morgan fingerprint density at radius 1 is 0.944 bits per heavy atom. The average molecular weight is 484 g/mol. The van der Waals surface area contributed by atoms with Crippen LogP contribution in [0.25, 0.3) is 0 Å². The van der Waals surface area contributed by atoms with E-state index in [2.05, 4.69) is 0 Å². The molecule has 0 saturated carbocycles. The molecule has 1 fully saturated rings. The van der Waals surface area contributed by atoms with Crippen LogP contribution in [-0.4, -0.2) is 29.4 Å². The van der Waals surface area contributed by atoms with Gasteiger partial charge in [0.1, 0.15) is 12.4 Å². The maximum absolute atomic E-state index is 13.5. The van der Waals surface area contributed by atoms with Gasteiger partial charge in [-0.2, -0.15) is 0 Å². The van der Waals surface area contributed by atoms with Crippen molar-refractivity contribution in [2.45, 2.75) is 58.3 Å². The van der Waals surface area contributed by atoms with Gasteiger partial charge in [-0.05, 0) is 47.6 Å². The van der Waals surface area contributed by atoms with Gasteiger partial charge in [0, 0.05) is 18.5 Å². The number of hydrogen-bond donors (Lipinski definition) is 0. The van der Waals surface area contributed by atoms with Crippen LogP contribution in [0, 0.1) is 5.41 Å². The van der Waals surface area contributed by atoms with Gasteiger partial charge < -0.3 is 14.4 Å². The van der Waals surface area contributed by atoms with Crippen LogP contribution in [-0.2, 0) is 33.9 Å². The molecule has 186 valence electrons. The quantitative estimate of drug-likeness (QED) is 0.407. The summed E-state index contributed by atoms with van der Waals surface area (Å²) in [5, 5.41) is 0. The Kier molecular flexibility index (Phi) is 6.82. The number of ether oxygens (including phenoxy) is 2. The Labute approximate surface area is 213 Å². The first kappa shape index (κ1) is 24.1. The van der Waals surface area contributed by atoms with Crippen molar-refractivity contribution in [3.05, 3.63) is 101 Å². The first-order valence-corrected chi connectivity index (χ1v) is 12.7. The summed E-state index contributed by atoms with van der Waals surface area (Å²) in [4.78, 5) is 28.6. The summed E-state index contributed by atoms with van der Waals surface area (Å²) in [6, 6.07) is 25.9. The molecule has 5 nitrogen and oxygen atoms in total. The third-order valence-electron chi connectivity index (χ3n) is 7.28. The summed E-state index contributed by atoms with van der Waals surface area (Å²) in [5.74, 6) is -0.00159. The molecule has 0 bridgehead atoms. The summed E-state index contributed by atoms with van der Waals surface area (Å²) in [7, 11) is 0. The van der Waals surface area contributed by atoms with Gasteiger partial charge in [0.25, 0.3) is 5.91 Å². The van der Waals surface area contributed by atoms with Gasteiger partial charge in [-0.3, -0.25) is 9.59 Å². The van der Waals surface area contributed by atoms with Crippen LogP contribution in [0.1, 0.15) is 54.9 Å². The molecule has 1 heterocycles. The molecule has 36 heavy (non-hydrogen) atoms. The fourth-order valence-corrected chi connectivity index (χ4v) is 5.43. The predicted octanol–water partition coefficient (Wildman–Crippen LogP) is 5.67. The van der Waals surface area contributed by atoms with E-state index in [1.807, 2.05) is 92.7 Å². The highest BCUT2D eigenvalue weighted by molar-refractivity contribution is 5.88. The number of carbonyl (C=O) groups excluding carboxylic acids is 2. The number of nitrogens with zero attached hydrogens (tertiary/aromatic N) is 1. The molecular weight excluding hydrogens is 450 g/mol. The molecule has 0 N–H and O–H groups in total. The van der Waals surface area contributed by atoms with E-state index in [9.17, 15) is 9.59 Å². The van der Waals surface area contributed by atoms with E-state index >= 15 is 0 Å². The van der Waals surface area contributed by atoms with Gasteiger partial charge >= 0.3 is 5.97 Å². The summed E-state index contributed by atoms with van der Waals surface area (Å²) < 4.78 is 12.2. The van der Waals surface area contributed by atoms with Crippen molar-refractivity contribution in [3.63, 3.8) is 0 Å². The summed E-state index contributed by atoms with van der Waals surface area (Å²) in [6.45, 7) is 5.55. The fourth-order valence-electron chi connectivity index (χ4n) is 5.43. The largest absolute Gasteiger partial charge is 0.489 e. The minimum Gasteiger partial charge on any atom is -0.489 e. The SMILES string of the molecule is CC1(C)CN(Cc2ccccc2)C(=O)[C@@H]1OC(=O)[C@@H]1CCCc2c(OCc3ccccc3)cccc21. The van der Waals surface area contributed by atoms with Crippen molar-refractivity contribution in [1.82, 2.24) is 4.90 Å². The molecule has 3 aromatic carbocycles. The lowest BCUT2D eigenvalue weighted by Crippen LogP contribution is -2.37. The van der Waals surface area contributed by atoms with Gasteiger partial charge in [-0.25, -0.2) is 0 Å². The summed E-state index contributed by atoms with van der Waals surface area (Å²) >= 11 is 0. The number of carbonyl (C=O) groups is 2. The van der Waals surface area contributed by atoms with Crippen molar-refractivity contribution in [2.75, 3.05) is 6.54 Å². The second-order valence-corrected chi connectivity index (χ2v) is 10.5. The summed E-state index contributed by atoms with van der Waals surface area (Å²) in [5.41, 5.74) is 3.74. The second-order valence-electron chi connectivity index (χ2n) is 10.5. The van der Waals surface area contributed by atoms with Crippen molar-refractivity contribution >= 4 is 11.9 Å². The standard InChI is InChI=1S/C31H33NO4/c1-31(2)21-32(19-22-11-5-3-6-12-22)29(33)28(31)36-30(34)26-17-9-16-25-24(26)15-10-18-27(25)35-20-23-13-7-4-8-14-23/h3-8,10-15,18,26,28H,9,16-17,19-21H2,1-2H3/t26-,28+/m1/s1. The number of rotatable bonds is 7. The van der Waals surface area contributed by atoms with E-state index in [0.29, 0.717) is 26.1 Å². The third kappa shape index (κ3) is 5.01. The number of likely N-dealkylation sites (tertiary alicyclic amines) is 1. The molecule has 1 aliphatic heterocycles. The van der Waals surface area contributed by atoms with E-state index < -0.39 is 11.5 Å². The van der Waals surface area contributed by atoms with E-state index in [0.717, 1.165) is 40.8 Å². The predicted molar refractivity (Wildman–Crippen MR) is 138 cm³/mol. The van der Waals surface area contributed by atoms with Crippen molar-refractivity contribution in [3.8, 4) is 5.75 Å². The molecule has 0 spiro atoms. The minimum atomic E-state index is -0.781. The van der Waals surface area contributed by atoms with E-state index in [1.165, 1.54) is 0 Å². The van der Waals surface area contributed by atoms with Crippen LogP contribution in [0.15, 0.2) is 78.9 Å². The molecule has 0 unspecified atom stereocenters. The van der Waals surface area contributed by atoms with Crippen molar-refractivity contribution in [2.24, 2.45) is 5.41 Å². The molecular formula is C31H33NO4. The third-order valence-corrected chi connectivity index (χ3v) is 7.28. The Bertz CT molecular complexity index is 1220. The van der Waals surface area contributed by atoms with Crippen LogP contribution in [0.3, 0.4) is 0 Å². The smallest absolute Gasteiger partial charge is 0.314 e. The first-order valence-electron chi connectivity index (χ1n) is 12.7. The molecule has 0 radical (unpaired) electrons. The van der Waals surface area contributed by atoms with Crippen LogP contribution in [0.4, 0.5) is 0 Å². The van der Waals surface area contributed by atoms with Crippen LogP contribution in [0.5, 0.6) is 5.75 Å². The molecule has 3 aromatic rings. The maximum Gasteiger partial charge on any atom is 0.314 e. The lowest BCUT2D eigenvalue weighted by Gasteiger charge is -2.29. The van der Waals surface area contributed by atoms with E-state index in [-0.39, 0.29) is 17.8 Å². The number of amides is 1. The normalized spacial score (nSPS) is 20.6. The van der Waals surface area contributed by atoms with Gasteiger partial charge in [0.2, 0.25) is 0 Å². The molecule has 5 rings (SSSR count). The fraction of sp³-hybridized carbons (Fsp3) is 0.355. The number of esters is 1. The topological polar surface area (TPSA) is 55.8 Å². The minimum absolute atomic E-state index is 0.117. The molecule has 1 saturated heterocycles. The second kappa shape index (κ2) is 10.2. The monoisotopic (exact) mass is 483 g/mol. The van der Waals surface area contributed by atoms with Gasteiger partial charge in [-0.15, -0.1) is 0 Å². The zero-order valence-corrected chi connectivity index (χ0v) is 21.0. The Morgan fingerprint density at radius 2 is 1.64 bits per heavy atom.